The van der Waals surface area contributed by atoms with Crippen LogP contribution in [0.5, 0.6) is 5.75 Å². The number of fused-ring (bicyclic) bond motifs is 2. The van der Waals surface area contributed by atoms with Gasteiger partial charge in [0.15, 0.2) is 0 Å². The molecule has 0 saturated heterocycles. The maximum absolute atomic E-state index is 12.7. The van der Waals surface area contributed by atoms with Crippen LogP contribution >= 0.6 is 0 Å². The van der Waals surface area contributed by atoms with Crippen molar-refractivity contribution in [3.8, 4) is 5.75 Å². The maximum atomic E-state index is 12.7. The summed E-state index contributed by atoms with van der Waals surface area (Å²) in [4.78, 5) is 35.9. The molecule has 0 bridgehead atoms. The van der Waals surface area contributed by atoms with Crippen LogP contribution in [0, 0.1) is 0 Å². The molecule has 0 radical (unpaired) electrons. The van der Waals surface area contributed by atoms with Crippen LogP contribution in [0.1, 0.15) is 48.2 Å². The van der Waals surface area contributed by atoms with Gasteiger partial charge in [-0.25, -0.2) is 9.59 Å². The summed E-state index contributed by atoms with van der Waals surface area (Å²) in [5.74, 6) is -0.0134. The van der Waals surface area contributed by atoms with Crippen LogP contribution in [-0.2, 0) is 16.1 Å². The first-order valence-corrected chi connectivity index (χ1v) is 9.64. The third-order valence-electron chi connectivity index (χ3n) is 5.27. The van der Waals surface area contributed by atoms with Crippen LogP contribution in [0.3, 0.4) is 0 Å². The van der Waals surface area contributed by atoms with E-state index in [1.54, 1.807) is 24.3 Å². The Morgan fingerprint density at radius 3 is 2.70 bits per heavy atom. The quantitative estimate of drug-likeness (QED) is 0.519. The number of hydrogen-bond donors (Lipinski definition) is 1. The lowest BCUT2D eigenvalue weighted by molar-refractivity contribution is -0.114. The van der Waals surface area contributed by atoms with Gasteiger partial charge in [0.1, 0.15) is 29.6 Å². The molecule has 7 heteroatoms. The second kappa shape index (κ2) is 7.67. The van der Waals surface area contributed by atoms with E-state index < -0.39 is 11.6 Å². The van der Waals surface area contributed by atoms with E-state index in [0.29, 0.717) is 33.5 Å². The maximum Gasteiger partial charge on any atom is 0.342 e. The third kappa shape index (κ3) is 3.66. The molecule has 4 rings (SSSR count). The van der Waals surface area contributed by atoms with E-state index in [4.69, 9.17) is 13.9 Å². The summed E-state index contributed by atoms with van der Waals surface area (Å²) in [6.07, 6.45) is -0.0190. The fourth-order valence-corrected chi connectivity index (χ4v) is 3.60. The highest BCUT2D eigenvalue weighted by Gasteiger charge is 2.31. The molecule has 2 atom stereocenters. The standard InChI is InChI=1S/C23H21NO6/c1-12-13(2)29-22-17(12)5-4-6-19(22)23(27)28-11-15-9-21(26)30-20-10-16(24-14(3)25)7-8-18(15)20/h4-10,12-13H,11H2,1-3H3,(H,24,25)/t12-,13+/m0/s1. The lowest BCUT2D eigenvalue weighted by Crippen LogP contribution is -2.12. The Bertz CT molecular complexity index is 1210. The van der Waals surface area contributed by atoms with Gasteiger partial charge < -0.3 is 19.2 Å². The molecule has 30 heavy (non-hydrogen) atoms. The van der Waals surface area contributed by atoms with Crippen LogP contribution in [0.4, 0.5) is 5.69 Å². The van der Waals surface area contributed by atoms with Crippen molar-refractivity contribution in [3.63, 3.8) is 0 Å². The van der Waals surface area contributed by atoms with Crippen molar-refractivity contribution in [2.75, 3.05) is 5.32 Å². The molecule has 1 N–H and O–H groups in total. The number of hydrogen-bond acceptors (Lipinski definition) is 6. The average Bonchev–Trinajstić information content (AvgIpc) is 2.99. The predicted molar refractivity (Wildman–Crippen MR) is 111 cm³/mol. The minimum Gasteiger partial charge on any atom is -0.489 e. The molecule has 0 aliphatic carbocycles. The first-order valence-electron chi connectivity index (χ1n) is 9.64. The number of para-hydroxylation sites is 1. The Labute approximate surface area is 172 Å². The lowest BCUT2D eigenvalue weighted by atomic mass is 9.97. The van der Waals surface area contributed by atoms with E-state index in [1.807, 2.05) is 19.1 Å². The molecular weight excluding hydrogens is 386 g/mol. The van der Waals surface area contributed by atoms with Gasteiger partial charge in [0.2, 0.25) is 5.91 Å². The summed E-state index contributed by atoms with van der Waals surface area (Å²) in [7, 11) is 0. The smallest absolute Gasteiger partial charge is 0.342 e. The molecule has 7 nitrogen and oxygen atoms in total. The highest BCUT2D eigenvalue weighted by atomic mass is 16.5. The van der Waals surface area contributed by atoms with Crippen molar-refractivity contribution in [2.45, 2.75) is 39.4 Å². The van der Waals surface area contributed by atoms with E-state index in [2.05, 4.69) is 12.2 Å². The second-order valence-electron chi connectivity index (χ2n) is 7.39. The zero-order valence-electron chi connectivity index (χ0n) is 16.9. The molecule has 1 aliphatic heterocycles. The lowest BCUT2D eigenvalue weighted by Gasteiger charge is -2.11. The van der Waals surface area contributed by atoms with E-state index in [9.17, 15) is 14.4 Å². The van der Waals surface area contributed by atoms with E-state index in [0.717, 1.165) is 5.56 Å². The summed E-state index contributed by atoms with van der Waals surface area (Å²) in [5.41, 5.74) is 2.09. The van der Waals surface area contributed by atoms with Gasteiger partial charge in [0.25, 0.3) is 0 Å². The SMILES string of the molecule is CC(=O)Nc1ccc2c(COC(=O)c3cccc4c3O[C@H](C)[C@@H]4C)cc(=O)oc2c1. The van der Waals surface area contributed by atoms with Gasteiger partial charge in [0.05, 0.1) is 0 Å². The van der Waals surface area contributed by atoms with Crippen molar-refractivity contribution in [2.24, 2.45) is 0 Å². The predicted octanol–water partition coefficient (Wildman–Crippen LogP) is 3.99. The molecular formula is C23H21NO6. The number of ether oxygens (including phenoxy) is 2. The minimum absolute atomic E-state index is 0.0190. The van der Waals surface area contributed by atoms with Crippen LogP contribution in [0.2, 0.25) is 0 Å². The van der Waals surface area contributed by atoms with Gasteiger partial charge >= 0.3 is 11.6 Å². The summed E-state index contributed by atoms with van der Waals surface area (Å²) >= 11 is 0. The molecule has 2 heterocycles. The number of carbonyl (C=O) groups is 2. The number of esters is 1. The molecule has 3 aromatic rings. The van der Waals surface area contributed by atoms with E-state index in [-0.39, 0.29) is 24.5 Å². The van der Waals surface area contributed by atoms with Crippen molar-refractivity contribution in [1.29, 1.82) is 0 Å². The molecule has 154 valence electrons. The summed E-state index contributed by atoms with van der Waals surface area (Å²) in [6, 6.07) is 11.7. The van der Waals surface area contributed by atoms with E-state index >= 15 is 0 Å². The first-order chi connectivity index (χ1) is 14.3. The number of carbonyl (C=O) groups excluding carboxylic acids is 2. The first kappa shape index (κ1) is 19.7. The van der Waals surface area contributed by atoms with Gasteiger partial charge in [-0.1, -0.05) is 19.1 Å². The fourth-order valence-electron chi connectivity index (χ4n) is 3.60. The highest BCUT2D eigenvalue weighted by molar-refractivity contribution is 5.94. The minimum atomic E-state index is -0.569. The Morgan fingerprint density at radius 1 is 1.13 bits per heavy atom. The normalized spacial score (nSPS) is 17.3. The Morgan fingerprint density at radius 2 is 1.93 bits per heavy atom. The Balaban J connectivity index is 1.59. The molecule has 0 fully saturated rings. The Kier molecular flexibility index (Phi) is 5.03. The van der Waals surface area contributed by atoms with Gasteiger partial charge in [-0.2, -0.15) is 0 Å². The van der Waals surface area contributed by atoms with Gasteiger partial charge in [-0.05, 0) is 25.1 Å². The summed E-state index contributed by atoms with van der Waals surface area (Å²) < 4.78 is 16.6. The molecule has 1 aliphatic rings. The molecule has 0 spiro atoms. The fraction of sp³-hybridized carbons (Fsp3) is 0.261. The summed E-state index contributed by atoms with van der Waals surface area (Å²) in [5, 5.41) is 3.26. The van der Waals surface area contributed by atoms with Gasteiger partial charge in [0, 0.05) is 47.2 Å². The molecule has 1 aromatic heterocycles. The van der Waals surface area contributed by atoms with Crippen molar-refractivity contribution >= 4 is 28.5 Å². The number of rotatable bonds is 4. The second-order valence-corrected chi connectivity index (χ2v) is 7.39. The molecule has 0 saturated carbocycles. The number of amides is 1. The Hall–Kier alpha value is -3.61. The number of anilines is 1. The molecule has 2 aromatic carbocycles. The highest BCUT2D eigenvalue weighted by Crippen LogP contribution is 2.40. The third-order valence-corrected chi connectivity index (χ3v) is 5.27. The zero-order chi connectivity index (χ0) is 21.4. The van der Waals surface area contributed by atoms with Crippen LogP contribution in [0.15, 0.2) is 51.7 Å². The van der Waals surface area contributed by atoms with Crippen LogP contribution < -0.4 is 15.7 Å². The van der Waals surface area contributed by atoms with E-state index in [1.165, 1.54) is 13.0 Å². The molecule has 1 amide bonds. The number of nitrogens with one attached hydrogen (secondary N) is 1. The monoisotopic (exact) mass is 407 g/mol. The molecule has 0 unspecified atom stereocenters. The van der Waals surface area contributed by atoms with Gasteiger partial charge in [-0.15, -0.1) is 0 Å². The van der Waals surface area contributed by atoms with Gasteiger partial charge in [-0.3, -0.25) is 4.79 Å². The van der Waals surface area contributed by atoms with Crippen LogP contribution in [0.25, 0.3) is 11.0 Å². The summed E-state index contributed by atoms with van der Waals surface area (Å²) in [6.45, 7) is 5.30. The number of benzene rings is 2. The topological polar surface area (TPSA) is 94.8 Å². The van der Waals surface area contributed by atoms with Crippen LogP contribution in [-0.4, -0.2) is 18.0 Å². The van der Waals surface area contributed by atoms with Crippen molar-refractivity contribution in [1.82, 2.24) is 0 Å². The zero-order valence-corrected chi connectivity index (χ0v) is 16.9. The largest absolute Gasteiger partial charge is 0.489 e. The average molecular weight is 407 g/mol. The van der Waals surface area contributed by atoms with Crippen molar-refractivity contribution < 1.29 is 23.5 Å². The van der Waals surface area contributed by atoms with Crippen molar-refractivity contribution in [3.05, 3.63) is 69.6 Å².